The van der Waals surface area contributed by atoms with E-state index < -0.39 is 5.82 Å². The molecule has 1 aromatic rings. The Kier molecular flexibility index (Phi) is 5.23. The van der Waals surface area contributed by atoms with Crippen LogP contribution in [0.4, 0.5) is 10.1 Å². The van der Waals surface area contributed by atoms with Gasteiger partial charge in [0.25, 0.3) is 0 Å². The third-order valence-corrected chi connectivity index (χ3v) is 2.46. The van der Waals surface area contributed by atoms with E-state index in [1.807, 2.05) is 0 Å². The lowest BCUT2D eigenvalue weighted by Gasteiger charge is -2.13. The van der Waals surface area contributed by atoms with Crippen molar-refractivity contribution in [2.24, 2.45) is 16.8 Å². The largest absolute Gasteiger partial charge is 0.491 e. The summed E-state index contributed by atoms with van der Waals surface area (Å²) < 4.78 is 18.6. The molecule has 0 bridgehead atoms. The minimum Gasteiger partial charge on any atom is -0.491 e. The Labute approximate surface area is 105 Å². The molecule has 6 heteroatoms. The molecule has 18 heavy (non-hydrogen) atoms. The molecule has 1 aromatic carbocycles. The molecule has 0 spiro atoms. The number of nitrogens with zero attached hydrogens (tertiary/aromatic N) is 1. The third kappa shape index (κ3) is 3.80. The predicted molar refractivity (Wildman–Crippen MR) is 68.6 cm³/mol. The predicted octanol–water partition coefficient (Wildman–Crippen LogP) is 2.02. The van der Waals surface area contributed by atoms with Crippen molar-refractivity contribution in [3.63, 3.8) is 0 Å². The first kappa shape index (κ1) is 14.1. The van der Waals surface area contributed by atoms with Crippen LogP contribution in [0.3, 0.4) is 0 Å². The second-order valence-electron chi connectivity index (χ2n) is 3.89. The van der Waals surface area contributed by atoms with Crippen LogP contribution < -0.4 is 15.8 Å². The van der Waals surface area contributed by atoms with Crippen LogP contribution in [0.1, 0.15) is 13.8 Å². The monoisotopic (exact) mass is 255 g/mol. The van der Waals surface area contributed by atoms with Gasteiger partial charge in [-0.15, -0.1) is 0 Å². The van der Waals surface area contributed by atoms with Gasteiger partial charge < -0.3 is 21.0 Å². The summed E-state index contributed by atoms with van der Waals surface area (Å²) in [6.07, 6.45) is 0. The first-order valence-corrected chi connectivity index (χ1v) is 5.72. The third-order valence-electron chi connectivity index (χ3n) is 2.46. The second kappa shape index (κ2) is 6.68. The number of oxime groups is 1. The molecule has 0 amide bonds. The number of hydrogen-bond donors (Lipinski definition) is 3. The van der Waals surface area contributed by atoms with Crippen molar-refractivity contribution in [1.82, 2.24) is 0 Å². The summed E-state index contributed by atoms with van der Waals surface area (Å²) in [5, 5.41) is 14.4. The average molecular weight is 255 g/mol. The topological polar surface area (TPSA) is 79.9 Å². The van der Waals surface area contributed by atoms with E-state index in [1.165, 1.54) is 6.07 Å². The van der Waals surface area contributed by atoms with Crippen LogP contribution in [-0.2, 0) is 0 Å². The summed E-state index contributed by atoms with van der Waals surface area (Å²) in [6, 6.07) is 4.63. The number of ether oxygens (including phenoxy) is 1. The van der Waals surface area contributed by atoms with E-state index in [-0.39, 0.29) is 17.5 Å². The maximum Gasteiger partial charge on any atom is 0.167 e. The Balaban J connectivity index is 2.61. The summed E-state index contributed by atoms with van der Waals surface area (Å²) in [7, 11) is 0. The SMILES string of the molecule is CCOc1ccc(NCC(C)/C(N)=N/O)cc1F. The van der Waals surface area contributed by atoms with Gasteiger partial charge in [0, 0.05) is 24.2 Å². The summed E-state index contributed by atoms with van der Waals surface area (Å²) in [5.41, 5.74) is 6.06. The lowest BCUT2D eigenvalue weighted by Crippen LogP contribution is -2.27. The van der Waals surface area contributed by atoms with Crippen molar-refractivity contribution < 1.29 is 14.3 Å². The maximum atomic E-state index is 13.5. The van der Waals surface area contributed by atoms with Crippen LogP contribution in [-0.4, -0.2) is 24.2 Å². The summed E-state index contributed by atoms with van der Waals surface area (Å²) in [5.74, 6) is -0.204. The molecule has 0 saturated carbocycles. The lowest BCUT2D eigenvalue weighted by atomic mass is 10.1. The number of halogens is 1. The Bertz CT molecular complexity index is 424. The zero-order valence-electron chi connectivity index (χ0n) is 10.5. The van der Waals surface area contributed by atoms with Gasteiger partial charge in [0.05, 0.1) is 6.61 Å². The van der Waals surface area contributed by atoms with Gasteiger partial charge in [0.15, 0.2) is 11.6 Å². The Morgan fingerprint density at radius 3 is 2.89 bits per heavy atom. The summed E-state index contributed by atoms with van der Waals surface area (Å²) in [4.78, 5) is 0. The molecular weight excluding hydrogens is 237 g/mol. The van der Waals surface area contributed by atoms with Gasteiger partial charge in [-0.25, -0.2) is 4.39 Å². The van der Waals surface area contributed by atoms with E-state index in [0.29, 0.717) is 18.8 Å². The van der Waals surface area contributed by atoms with Crippen molar-refractivity contribution in [3.05, 3.63) is 24.0 Å². The fourth-order valence-corrected chi connectivity index (χ4v) is 1.36. The molecule has 100 valence electrons. The molecule has 5 nitrogen and oxygen atoms in total. The van der Waals surface area contributed by atoms with Gasteiger partial charge in [-0.05, 0) is 19.1 Å². The van der Waals surface area contributed by atoms with Gasteiger partial charge in [-0.3, -0.25) is 0 Å². The van der Waals surface area contributed by atoms with Crippen molar-refractivity contribution in [3.8, 4) is 5.75 Å². The summed E-state index contributed by atoms with van der Waals surface area (Å²) in [6.45, 7) is 4.46. The minimum atomic E-state index is -0.418. The van der Waals surface area contributed by atoms with Crippen molar-refractivity contribution >= 4 is 11.5 Å². The van der Waals surface area contributed by atoms with Crippen molar-refractivity contribution in [2.75, 3.05) is 18.5 Å². The number of amidine groups is 1. The molecule has 0 aliphatic carbocycles. The average Bonchev–Trinajstić information content (AvgIpc) is 2.38. The highest BCUT2D eigenvalue weighted by Gasteiger charge is 2.08. The fraction of sp³-hybridized carbons (Fsp3) is 0.417. The standard InChI is InChI=1S/C12H18FN3O2/c1-3-18-11-5-4-9(6-10(11)13)15-7-8(2)12(14)16-17/h4-6,8,15,17H,3,7H2,1-2H3,(H2,14,16). The van der Waals surface area contributed by atoms with E-state index in [9.17, 15) is 4.39 Å². The summed E-state index contributed by atoms with van der Waals surface area (Å²) >= 11 is 0. The van der Waals surface area contributed by atoms with E-state index in [0.717, 1.165) is 0 Å². The molecule has 4 N–H and O–H groups in total. The van der Waals surface area contributed by atoms with E-state index in [2.05, 4.69) is 10.5 Å². The number of hydrogen-bond acceptors (Lipinski definition) is 4. The minimum absolute atomic E-state index is 0.133. The molecule has 0 aromatic heterocycles. The van der Waals surface area contributed by atoms with Crippen molar-refractivity contribution in [1.29, 1.82) is 0 Å². The fourth-order valence-electron chi connectivity index (χ4n) is 1.36. The van der Waals surface area contributed by atoms with E-state index >= 15 is 0 Å². The van der Waals surface area contributed by atoms with E-state index in [1.54, 1.807) is 26.0 Å². The van der Waals surface area contributed by atoms with Gasteiger partial charge in [0.1, 0.15) is 5.84 Å². The highest BCUT2D eigenvalue weighted by atomic mass is 19.1. The zero-order chi connectivity index (χ0) is 13.5. The van der Waals surface area contributed by atoms with Crippen LogP contribution >= 0.6 is 0 Å². The van der Waals surface area contributed by atoms with Gasteiger partial charge in [0.2, 0.25) is 0 Å². The van der Waals surface area contributed by atoms with Crippen LogP contribution in [0.2, 0.25) is 0 Å². The second-order valence-corrected chi connectivity index (χ2v) is 3.89. The molecule has 0 fully saturated rings. The zero-order valence-corrected chi connectivity index (χ0v) is 10.5. The van der Waals surface area contributed by atoms with E-state index in [4.69, 9.17) is 15.7 Å². The molecule has 1 rings (SSSR count). The highest BCUT2D eigenvalue weighted by Crippen LogP contribution is 2.21. The smallest absolute Gasteiger partial charge is 0.167 e. The number of rotatable bonds is 6. The molecular formula is C12H18FN3O2. The number of anilines is 1. The Morgan fingerprint density at radius 2 is 2.33 bits per heavy atom. The quantitative estimate of drug-likeness (QED) is 0.314. The van der Waals surface area contributed by atoms with Crippen LogP contribution in [0.15, 0.2) is 23.4 Å². The maximum absolute atomic E-state index is 13.5. The number of nitrogens with two attached hydrogens (primary N) is 1. The van der Waals surface area contributed by atoms with Crippen LogP contribution in [0.5, 0.6) is 5.75 Å². The normalized spacial score (nSPS) is 13.2. The molecule has 0 saturated heterocycles. The highest BCUT2D eigenvalue weighted by molar-refractivity contribution is 5.82. The molecule has 0 heterocycles. The van der Waals surface area contributed by atoms with Crippen molar-refractivity contribution in [2.45, 2.75) is 13.8 Å². The lowest BCUT2D eigenvalue weighted by molar-refractivity contribution is 0.315. The van der Waals surface area contributed by atoms with Crippen LogP contribution in [0.25, 0.3) is 0 Å². The van der Waals surface area contributed by atoms with Gasteiger partial charge in [-0.2, -0.15) is 0 Å². The molecule has 0 aliphatic heterocycles. The molecule has 1 atom stereocenters. The number of nitrogens with one attached hydrogen (secondary N) is 1. The number of benzene rings is 1. The Hall–Kier alpha value is -1.98. The molecule has 0 radical (unpaired) electrons. The Morgan fingerprint density at radius 1 is 1.61 bits per heavy atom. The van der Waals surface area contributed by atoms with Gasteiger partial charge in [-0.1, -0.05) is 12.1 Å². The van der Waals surface area contributed by atoms with Gasteiger partial charge >= 0.3 is 0 Å². The first-order valence-electron chi connectivity index (χ1n) is 5.72. The first-order chi connectivity index (χ1) is 8.58. The molecule has 0 aliphatic rings. The molecule has 1 unspecified atom stereocenters. The van der Waals surface area contributed by atoms with Crippen LogP contribution in [0, 0.1) is 11.7 Å².